The van der Waals surface area contributed by atoms with Crippen molar-refractivity contribution in [2.75, 3.05) is 27.4 Å². The first-order valence-corrected chi connectivity index (χ1v) is 7.92. The molecule has 1 fully saturated rings. The Morgan fingerprint density at radius 2 is 1.71 bits per heavy atom. The van der Waals surface area contributed by atoms with E-state index in [1.165, 1.54) is 32.1 Å². The Morgan fingerprint density at radius 3 is 2.33 bits per heavy atom. The number of rotatable bonds is 8. The molecule has 0 radical (unpaired) electrons. The number of hydrogen-bond donors (Lipinski definition) is 1. The monoisotopic (exact) mass is 293 g/mol. The van der Waals surface area contributed by atoms with Crippen molar-refractivity contribution in [3.05, 3.63) is 18.2 Å². The van der Waals surface area contributed by atoms with Crippen LogP contribution in [0.25, 0.3) is 0 Å². The third-order valence-corrected chi connectivity index (χ3v) is 3.99. The standard InChI is InChI=1S/C17H27NO3/c1-19-15-10-6-11-16(20-2)17(15)21-13-7-12-18-14-8-4-3-5-9-14/h6,10-11,14,18H,3-5,7-9,12-13H2,1-2H3. The molecule has 1 aliphatic carbocycles. The first kappa shape index (κ1) is 16.0. The fourth-order valence-corrected chi connectivity index (χ4v) is 2.82. The van der Waals surface area contributed by atoms with Crippen molar-refractivity contribution >= 4 is 0 Å². The van der Waals surface area contributed by atoms with Crippen molar-refractivity contribution in [3.8, 4) is 17.2 Å². The summed E-state index contributed by atoms with van der Waals surface area (Å²) in [4.78, 5) is 0. The van der Waals surface area contributed by atoms with Gasteiger partial charge in [-0.1, -0.05) is 25.3 Å². The Morgan fingerprint density at radius 1 is 1.05 bits per heavy atom. The summed E-state index contributed by atoms with van der Waals surface area (Å²) in [5.74, 6) is 2.13. The molecule has 1 aromatic rings. The van der Waals surface area contributed by atoms with Crippen molar-refractivity contribution in [1.82, 2.24) is 5.32 Å². The molecule has 0 spiro atoms. The molecule has 0 heterocycles. The maximum Gasteiger partial charge on any atom is 0.203 e. The molecule has 1 N–H and O–H groups in total. The van der Waals surface area contributed by atoms with E-state index in [2.05, 4.69) is 5.32 Å². The average molecular weight is 293 g/mol. The highest BCUT2D eigenvalue weighted by Gasteiger charge is 2.13. The molecular weight excluding hydrogens is 266 g/mol. The number of nitrogens with one attached hydrogen (secondary N) is 1. The predicted octanol–water partition coefficient (Wildman–Crippen LogP) is 3.40. The van der Waals surface area contributed by atoms with Crippen LogP contribution in [0.2, 0.25) is 0 Å². The van der Waals surface area contributed by atoms with Crippen LogP contribution in [0, 0.1) is 0 Å². The number of methoxy groups -OCH3 is 2. The lowest BCUT2D eigenvalue weighted by atomic mass is 9.95. The molecule has 118 valence electrons. The van der Waals surface area contributed by atoms with Gasteiger partial charge >= 0.3 is 0 Å². The van der Waals surface area contributed by atoms with Crippen LogP contribution in [0.5, 0.6) is 17.2 Å². The van der Waals surface area contributed by atoms with Crippen molar-refractivity contribution in [2.24, 2.45) is 0 Å². The quantitative estimate of drug-likeness (QED) is 0.746. The summed E-state index contributed by atoms with van der Waals surface area (Å²) in [6, 6.07) is 6.38. The van der Waals surface area contributed by atoms with Crippen molar-refractivity contribution in [1.29, 1.82) is 0 Å². The van der Waals surface area contributed by atoms with Gasteiger partial charge < -0.3 is 19.5 Å². The van der Waals surface area contributed by atoms with E-state index in [9.17, 15) is 0 Å². The Balaban J connectivity index is 1.72. The van der Waals surface area contributed by atoms with Crippen LogP contribution in [0.3, 0.4) is 0 Å². The van der Waals surface area contributed by atoms with Crippen LogP contribution in [-0.4, -0.2) is 33.4 Å². The largest absolute Gasteiger partial charge is 0.493 e. The first-order chi connectivity index (χ1) is 10.3. The van der Waals surface area contributed by atoms with Crippen molar-refractivity contribution in [2.45, 2.75) is 44.6 Å². The van der Waals surface area contributed by atoms with Crippen molar-refractivity contribution < 1.29 is 14.2 Å². The van der Waals surface area contributed by atoms with Gasteiger partial charge in [0.2, 0.25) is 5.75 Å². The van der Waals surface area contributed by atoms with Crippen molar-refractivity contribution in [3.63, 3.8) is 0 Å². The summed E-state index contributed by atoms with van der Waals surface area (Å²) in [7, 11) is 3.29. The lowest BCUT2D eigenvalue weighted by molar-refractivity contribution is 0.265. The van der Waals surface area contributed by atoms with Gasteiger partial charge in [0.15, 0.2) is 11.5 Å². The summed E-state index contributed by atoms with van der Waals surface area (Å²) in [6.07, 6.45) is 7.76. The molecule has 2 rings (SSSR count). The highest BCUT2D eigenvalue weighted by molar-refractivity contribution is 5.51. The van der Waals surface area contributed by atoms with Crippen LogP contribution in [0.15, 0.2) is 18.2 Å². The second kappa shape index (κ2) is 8.78. The first-order valence-electron chi connectivity index (χ1n) is 7.92. The van der Waals surface area contributed by atoms with E-state index in [-0.39, 0.29) is 0 Å². The average Bonchev–Trinajstić information content (AvgIpc) is 2.55. The Bertz CT molecular complexity index is 394. The SMILES string of the molecule is COc1cccc(OC)c1OCCCNC1CCCCC1. The number of ether oxygens (including phenoxy) is 3. The van der Waals surface area contributed by atoms with E-state index >= 15 is 0 Å². The van der Waals surface area contributed by atoms with Gasteiger partial charge in [0.1, 0.15) is 0 Å². The van der Waals surface area contributed by atoms with E-state index < -0.39 is 0 Å². The zero-order valence-electron chi connectivity index (χ0n) is 13.2. The highest BCUT2D eigenvalue weighted by Crippen LogP contribution is 2.36. The Kier molecular flexibility index (Phi) is 6.67. The van der Waals surface area contributed by atoms with Crippen LogP contribution >= 0.6 is 0 Å². The van der Waals surface area contributed by atoms with Gasteiger partial charge in [-0.15, -0.1) is 0 Å². The second-order valence-electron chi connectivity index (χ2n) is 5.48. The molecule has 0 bridgehead atoms. The van der Waals surface area contributed by atoms with Gasteiger partial charge in [-0.25, -0.2) is 0 Å². The molecule has 4 heteroatoms. The summed E-state index contributed by atoms with van der Waals surface area (Å²) in [5, 5.41) is 3.62. The summed E-state index contributed by atoms with van der Waals surface area (Å²) >= 11 is 0. The molecule has 1 saturated carbocycles. The van der Waals surface area contributed by atoms with Crippen LogP contribution in [-0.2, 0) is 0 Å². The molecule has 0 saturated heterocycles. The fraction of sp³-hybridized carbons (Fsp3) is 0.647. The summed E-state index contributed by atoms with van der Waals surface area (Å²) < 4.78 is 16.5. The minimum absolute atomic E-state index is 0.663. The van der Waals surface area contributed by atoms with E-state index in [1.807, 2.05) is 18.2 Å². The molecule has 4 nitrogen and oxygen atoms in total. The molecule has 0 aliphatic heterocycles. The predicted molar refractivity (Wildman–Crippen MR) is 84.5 cm³/mol. The zero-order valence-corrected chi connectivity index (χ0v) is 13.2. The van der Waals surface area contributed by atoms with Gasteiger partial charge in [0, 0.05) is 6.04 Å². The van der Waals surface area contributed by atoms with Crippen LogP contribution < -0.4 is 19.5 Å². The van der Waals surface area contributed by atoms with Crippen LogP contribution in [0.1, 0.15) is 38.5 Å². The van der Waals surface area contributed by atoms with Gasteiger partial charge in [0.25, 0.3) is 0 Å². The minimum atomic E-state index is 0.663. The van der Waals surface area contributed by atoms with E-state index in [0.717, 1.165) is 24.5 Å². The smallest absolute Gasteiger partial charge is 0.203 e. The van der Waals surface area contributed by atoms with E-state index in [0.29, 0.717) is 18.4 Å². The topological polar surface area (TPSA) is 39.7 Å². The zero-order chi connectivity index (χ0) is 14.9. The third kappa shape index (κ3) is 4.81. The van der Waals surface area contributed by atoms with E-state index in [1.54, 1.807) is 14.2 Å². The lowest BCUT2D eigenvalue weighted by Gasteiger charge is -2.22. The molecule has 1 aromatic carbocycles. The van der Waals surface area contributed by atoms with E-state index in [4.69, 9.17) is 14.2 Å². The lowest BCUT2D eigenvalue weighted by Crippen LogP contribution is -2.32. The summed E-state index contributed by atoms with van der Waals surface area (Å²) in [6.45, 7) is 1.67. The summed E-state index contributed by atoms with van der Waals surface area (Å²) in [5.41, 5.74) is 0. The highest BCUT2D eigenvalue weighted by atomic mass is 16.5. The second-order valence-corrected chi connectivity index (χ2v) is 5.48. The van der Waals surface area contributed by atoms with Gasteiger partial charge in [-0.2, -0.15) is 0 Å². The third-order valence-electron chi connectivity index (χ3n) is 3.99. The number of para-hydroxylation sites is 1. The maximum absolute atomic E-state index is 5.85. The van der Waals surface area contributed by atoms with Gasteiger partial charge in [-0.05, 0) is 37.9 Å². The Hall–Kier alpha value is -1.42. The fourth-order valence-electron chi connectivity index (χ4n) is 2.82. The molecular formula is C17H27NO3. The normalized spacial score (nSPS) is 15.7. The number of hydrogen-bond acceptors (Lipinski definition) is 4. The molecule has 0 unspecified atom stereocenters. The molecule has 0 aromatic heterocycles. The molecule has 21 heavy (non-hydrogen) atoms. The maximum atomic E-state index is 5.85. The van der Waals surface area contributed by atoms with Gasteiger partial charge in [-0.3, -0.25) is 0 Å². The van der Waals surface area contributed by atoms with Gasteiger partial charge in [0.05, 0.1) is 20.8 Å². The Labute approximate surface area is 127 Å². The van der Waals surface area contributed by atoms with Crippen LogP contribution in [0.4, 0.5) is 0 Å². The molecule has 1 aliphatic rings. The molecule has 0 amide bonds. The molecule has 0 atom stereocenters. The minimum Gasteiger partial charge on any atom is -0.493 e. The number of benzene rings is 1.